The van der Waals surface area contributed by atoms with E-state index in [1.807, 2.05) is 25.4 Å². The Morgan fingerprint density at radius 3 is 3.00 bits per heavy atom. The molecule has 22 heavy (non-hydrogen) atoms. The Labute approximate surface area is 131 Å². The van der Waals surface area contributed by atoms with Crippen LogP contribution in [0, 0.1) is 5.92 Å². The van der Waals surface area contributed by atoms with Crippen molar-refractivity contribution in [1.29, 1.82) is 0 Å². The normalized spacial score (nSPS) is 18.5. The summed E-state index contributed by atoms with van der Waals surface area (Å²) in [6.07, 6.45) is 8.91. The van der Waals surface area contributed by atoms with Crippen LogP contribution in [0.25, 0.3) is 0 Å². The molecule has 6 heteroatoms. The van der Waals surface area contributed by atoms with Gasteiger partial charge in [-0.25, -0.2) is 15.0 Å². The first-order chi connectivity index (χ1) is 10.8. The SMILES string of the molecule is CCOc1cc(N2CCCC(Cc3nccn3C)C2)ncn1. The van der Waals surface area contributed by atoms with Gasteiger partial charge in [0.2, 0.25) is 5.88 Å². The molecule has 0 N–H and O–H groups in total. The fraction of sp³-hybridized carbons (Fsp3) is 0.562. The van der Waals surface area contributed by atoms with Crippen molar-refractivity contribution in [2.75, 3.05) is 24.6 Å². The molecule has 0 radical (unpaired) electrons. The second kappa shape index (κ2) is 6.77. The smallest absolute Gasteiger partial charge is 0.218 e. The lowest BCUT2D eigenvalue weighted by atomic mass is 9.94. The molecule has 0 spiro atoms. The largest absolute Gasteiger partial charge is 0.478 e. The van der Waals surface area contributed by atoms with Crippen molar-refractivity contribution in [2.45, 2.75) is 26.2 Å². The summed E-state index contributed by atoms with van der Waals surface area (Å²) >= 11 is 0. The molecule has 1 unspecified atom stereocenters. The summed E-state index contributed by atoms with van der Waals surface area (Å²) in [5, 5.41) is 0. The maximum atomic E-state index is 5.47. The van der Waals surface area contributed by atoms with Gasteiger partial charge in [0.15, 0.2) is 0 Å². The van der Waals surface area contributed by atoms with E-state index in [1.54, 1.807) is 6.33 Å². The highest BCUT2D eigenvalue weighted by molar-refractivity contribution is 5.41. The summed E-state index contributed by atoms with van der Waals surface area (Å²) in [7, 11) is 2.06. The lowest BCUT2D eigenvalue weighted by molar-refractivity contribution is 0.325. The monoisotopic (exact) mass is 301 g/mol. The molecular weight excluding hydrogens is 278 g/mol. The Balaban J connectivity index is 1.67. The maximum Gasteiger partial charge on any atom is 0.218 e. The fourth-order valence-electron chi connectivity index (χ4n) is 3.02. The van der Waals surface area contributed by atoms with Crippen LogP contribution in [0.15, 0.2) is 24.8 Å². The standard InChI is InChI=1S/C16H23N5O/c1-3-22-16-10-15(18-12-19-16)21-7-4-5-13(11-21)9-14-17-6-8-20(14)2/h6,8,10,12-13H,3-5,7,9,11H2,1-2H3. The van der Waals surface area contributed by atoms with Gasteiger partial charge in [0, 0.05) is 45.0 Å². The summed E-state index contributed by atoms with van der Waals surface area (Å²) in [4.78, 5) is 15.3. The summed E-state index contributed by atoms with van der Waals surface area (Å²) in [5.41, 5.74) is 0. The third kappa shape index (κ3) is 3.37. The third-order valence-corrected chi connectivity index (χ3v) is 4.15. The van der Waals surface area contributed by atoms with Crippen molar-refractivity contribution >= 4 is 5.82 Å². The van der Waals surface area contributed by atoms with Gasteiger partial charge in [-0.3, -0.25) is 0 Å². The molecule has 2 aromatic heterocycles. The van der Waals surface area contributed by atoms with Crippen LogP contribution in [0.2, 0.25) is 0 Å². The molecule has 1 saturated heterocycles. The van der Waals surface area contributed by atoms with E-state index in [9.17, 15) is 0 Å². The van der Waals surface area contributed by atoms with Gasteiger partial charge in [0.25, 0.3) is 0 Å². The molecule has 2 aromatic rings. The van der Waals surface area contributed by atoms with Crippen molar-refractivity contribution in [3.8, 4) is 5.88 Å². The first kappa shape index (κ1) is 14.8. The van der Waals surface area contributed by atoms with Crippen LogP contribution in [0.3, 0.4) is 0 Å². The highest BCUT2D eigenvalue weighted by atomic mass is 16.5. The second-order valence-corrected chi connectivity index (χ2v) is 5.76. The highest BCUT2D eigenvalue weighted by Crippen LogP contribution is 2.25. The molecule has 0 aromatic carbocycles. The summed E-state index contributed by atoms with van der Waals surface area (Å²) in [6, 6.07) is 1.94. The Hall–Kier alpha value is -2.11. The minimum Gasteiger partial charge on any atom is -0.478 e. The average Bonchev–Trinajstić information content (AvgIpc) is 2.93. The lowest BCUT2D eigenvalue weighted by Gasteiger charge is -2.33. The van der Waals surface area contributed by atoms with E-state index < -0.39 is 0 Å². The molecule has 1 atom stereocenters. The van der Waals surface area contributed by atoms with Gasteiger partial charge in [0.1, 0.15) is 18.0 Å². The zero-order chi connectivity index (χ0) is 15.4. The van der Waals surface area contributed by atoms with E-state index in [-0.39, 0.29) is 0 Å². The van der Waals surface area contributed by atoms with Crippen molar-refractivity contribution in [3.05, 3.63) is 30.6 Å². The van der Waals surface area contributed by atoms with Crippen LogP contribution >= 0.6 is 0 Å². The number of ether oxygens (including phenoxy) is 1. The number of aryl methyl sites for hydroxylation is 1. The zero-order valence-corrected chi connectivity index (χ0v) is 13.3. The van der Waals surface area contributed by atoms with Crippen LogP contribution in [0.5, 0.6) is 5.88 Å². The number of piperidine rings is 1. The van der Waals surface area contributed by atoms with Gasteiger partial charge in [-0.2, -0.15) is 0 Å². The van der Waals surface area contributed by atoms with Crippen molar-refractivity contribution in [3.63, 3.8) is 0 Å². The zero-order valence-electron chi connectivity index (χ0n) is 13.3. The van der Waals surface area contributed by atoms with E-state index in [2.05, 4.69) is 31.5 Å². The van der Waals surface area contributed by atoms with E-state index in [0.717, 1.165) is 31.2 Å². The van der Waals surface area contributed by atoms with Crippen LogP contribution in [-0.2, 0) is 13.5 Å². The predicted octanol–water partition coefficient (Wildman–Crippen LogP) is 2.07. The summed E-state index contributed by atoms with van der Waals surface area (Å²) in [6.45, 7) is 4.64. The first-order valence-electron chi connectivity index (χ1n) is 7.92. The van der Waals surface area contributed by atoms with E-state index >= 15 is 0 Å². The van der Waals surface area contributed by atoms with Gasteiger partial charge in [-0.1, -0.05) is 0 Å². The molecule has 0 aliphatic carbocycles. The fourth-order valence-corrected chi connectivity index (χ4v) is 3.02. The summed E-state index contributed by atoms with van der Waals surface area (Å²) in [5.74, 6) is 3.38. The molecule has 3 heterocycles. The van der Waals surface area contributed by atoms with Crippen molar-refractivity contribution in [2.24, 2.45) is 13.0 Å². The average molecular weight is 301 g/mol. The Bertz CT molecular complexity index is 612. The highest BCUT2D eigenvalue weighted by Gasteiger charge is 2.22. The van der Waals surface area contributed by atoms with Crippen molar-refractivity contribution < 1.29 is 4.74 Å². The minimum atomic E-state index is 0.611. The Kier molecular flexibility index (Phi) is 4.56. The lowest BCUT2D eigenvalue weighted by Crippen LogP contribution is -2.37. The maximum absolute atomic E-state index is 5.47. The van der Waals surface area contributed by atoms with Gasteiger partial charge in [-0.05, 0) is 25.7 Å². The number of nitrogens with zero attached hydrogens (tertiary/aromatic N) is 5. The Morgan fingerprint density at radius 1 is 1.32 bits per heavy atom. The van der Waals surface area contributed by atoms with Gasteiger partial charge >= 0.3 is 0 Å². The molecule has 1 aliphatic heterocycles. The van der Waals surface area contributed by atoms with E-state index in [4.69, 9.17) is 4.74 Å². The minimum absolute atomic E-state index is 0.611. The molecule has 6 nitrogen and oxygen atoms in total. The number of hydrogen-bond donors (Lipinski definition) is 0. The molecular formula is C16H23N5O. The molecule has 118 valence electrons. The third-order valence-electron chi connectivity index (χ3n) is 4.15. The van der Waals surface area contributed by atoms with Gasteiger partial charge < -0.3 is 14.2 Å². The predicted molar refractivity (Wildman–Crippen MR) is 85.1 cm³/mol. The van der Waals surface area contributed by atoms with Gasteiger partial charge in [0.05, 0.1) is 6.61 Å². The molecule has 3 rings (SSSR count). The van der Waals surface area contributed by atoms with Crippen LogP contribution in [0.4, 0.5) is 5.82 Å². The van der Waals surface area contributed by atoms with Crippen LogP contribution in [0.1, 0.15) is 25.6 Å². The number of hydrogen-bond acceptors (Lipinski definition) is 5. The van der Waals surface area contributed by atoms with E-state index in [0.29, 0.717) is 18.4 Å². The molecule has 0 amide bonds. The number of rotatable bonds is 5. The van der Waals surface area contributed by atoms with E-state index in [1.165, 1.54) is 12.8 Å². The quantitative estimate of drug-likeness (QED) is 0.846. The first-order valence-corrected chi connectivity index (χ1v) is 7.92. The van der Waals surface area contributed by atoms with Crippen LogP contribution in [-0.4, -0.2) is 39.2 Å². The number of aromatic nitrogens is 4. The summed E-state index contributed by atoms with van der Waals surface area (Å²) < 4.78 is 7.58. The van der Waals surface area contributed by atoms with Gasteiger partial charge in [-0.15, -0.1) is 0 Å². The van der Waals surface area contributed by atoms with Crippen LogP contribution < -0.4 is 9.64 Å². The second-order valence-electron chi connectivity index (χ2n) is 5.76. The molecule has 1 fully saturated rings. The molecule has 1 aliphatic rings. The topological polar surface area (TPSA) is 56.1 Å². The molecule has 0 bridgehead atoms. The molecule has 0 saturated carbocycles. The van der Waals surface area contributed by atoms with Crippen molar-refractivity contribution in [1.82, 2.24) is 19.5 Å². The number of imidazole rings is 1. The number of anilines is 1. The Morgan fingerprint density at radius 2 is 2.23 bits per heavy atom.